The van der Waals surface area contributed by atoms with Crippen LogP contribution in [0.1, 0.15) is 36.5 Å². The van der Waals surface area contributed by atoms with Gasteiger partial charge in [-0.1, -0.05) is 49.0 Å². The van der Waals surface area contributed by atoms with Gasteiger partial charge in [0.25, 0.3) is 10.1 Å². The summed E-state index contributed by atoms with van der Waals surface area (Å²) in [6.07, 6.45) is 2.59. The first-order valence-corrected chi connectivity index (χ1v) is 10.5. The Morgan fingerprint density at radius 3 is 2.21 bits per heavy atom. The number of nitrogens with two attached hydrogens (primary N) is 2. The quantitative estimate of drug-likeness (QED) is 0.257. The van der Waals surface area contributed by atoms with Gasteiger partial charge >= 0.3 is 5.97 Å². The second-order valence-corrected chi connectivity index (χ2v) is 7.91. The second-order valence-electron chi connectivity index (χ2n) is 5.71. The molecule has 2 aromatic carbocycles. The Morgan fingerprint density at radius 2 is 1.71 bits per heavy atom. The molecule has 0 atom stereocenters. The smallest absolute Gasteiger partial charge is 0.339 e. The van der Waals surface area contributed by atoms with E-state index in [9.17, 15) is 13.2 Å². The number of carbonyl (C=O) groups excluding carboxylic acids is 1. The molecule has 10 heteroatoms. The minimum Gasteiger partial charge on any atom is -0.462 e. The van der Waals surface area contributed by atoms with E-state index in [1.54, 1.807) is 18.2 Å². The number of hydrogen-bond donors (Lipinski definition) is 3. The Bertz CT molecular complexity index is 900. The Labute approximate surface area is 174 Å². The predicted octanol–water partition coefficient (Wildman–Crippen LogP) is 4.44. The minimum atomic E-state index is -4.49. The molecule has 0 aliphatic carbocycles. The van der Waals surface area contributed by atoms with Crippen LogP contribution in [-0.4, -0.2) is 25.5 Å². The van der Waals surface area contributed by atoms with Gasteiger partial charge in [-0.3, -0.25) is 4.55 Å². The third-order valence-corrected chi connectivity index (χ3v) is 5.05. The van der Waals surface area contributed by atoms with Crippen LogP contribution in [0.3, 0.4) is 0 Å². The van der Waals surface area contributed by atoms with E-state index in [2.05, 4.69) is 0 Å². The van der Waals surface area contributed by atoms with Crippen molar-refractivity contribution in [2.75, 3.05) is 18.1 Å². The summed E-state index contributed by atoms with van der Waals surface area (Å²) in [6, 6.07) is 8.68. The second kappa shape index (κ2) is 11.1. The number of para-hydroxylation sites is 1. The molecular formula is C18H22Cl2N2O5S. The van der Waals surface area contributed by atoms with Crippen molar-refractivity contribution in [3.05, 3.63) is 52.0 Å². The normalized spacial score (nSPS) is 10.7. The summed E-state index contributed by atoms with van der Waals surface area (Å²) < 4.78 is 36.3. The van der Waals surface area contributed by atoms with Crippen LogP contribution < -0.4 is 11.5 Å². The molecule has 5 N–H and O–H groups in total. The van der Waals surface area contributed by atoms with E-state index in [0.29, 0.717) is 22.2 Å². The Morgan fingerprint density at radius 1 is 1.11 bits per heavy atom. The zero-order valence-electron chi connectivity index (χ0n) is 15.2. The van der Waals surface area contributed by atoms with Gasteiger partial charge in [-0.25, -0.2) is 4.79 Å². The summed E-state index contributed by atoms with van der Waals surface area (Å²) in [6.45, 7) is 2.21. The zero-order valence-corrected chi connectivity index (χ0v) is 17.5. The molecule has 0 bridgehead atoms. The number of esters is 1. The molecule has 0 saturated heterocycles. The van der Waals surface area contributed by atoms with Crippen molar-refractivity contribution in [2.24, 2.45) is 0 Å². The molecule has 0 spiro atoms. The molecule has 0 aliphatic rings. The van der Waals surface area contributed by atoms with Crippen LogP contribution in [0.25, 0.3) is 0 Å². The van der Waals surface area contributed by atoms with Crippen LogP contribution in [0.15, 0.2) is 41.3 Å². The number of nitrogen functional groups attached to an aromatic ring is 2. The van der Waals surface area contributed by atoms with Gasteiger partial charge in [0.15, 0.2) is 0 Å². The van der Waals surface area contributed by atoms with E-state index in [1.165, 1.54) is 12.1 Å². The molecule has 7 nitrogen and oxygen atoms in total. The molecule has 0 saturated carbocycles. The van der Waals surface area contributed by atoms with Gasteiger partial charge < -0.3 is 16.2 Å². The van der Waals surface area contributed by atoms with Crippen molar-refractivity contribution in [1.29, 1.82) is 0 Å². The zero-order chi connectivity index (χ0) is 21.3. The highest BCUT2D eigenvalue weighted by molar-refractivity contribution is 7.86. The lowest BCUT2D eigenvalue weighted by atomic mass is 10.2. The molecule has 2 rings (SSSR count). The first-order valence-electron chi connectivity index (χ1n) is 8.31. The number of anilines is 2. The van der Waals surface area contributed by atoms with E-state index < -0.39 is 21.0 Å². The van der Waals surface area contributed by atoms with Crippen LogP contribution in [0.2, 0.25) is 10.0 Å². The van der Waals surface area contributed by atoms with Crippen LogP contribution in [0.5, 0.6) is 0 Å². The average Bonchev–Trinajstić information content (AvgIpc) is 2.62. The highest BCUT2D eigenvalue weighted by atomic mass is 35.5. The van der Waals surface area contributed by atoms with Gasteiger partial charge in [0.1, 0.15) is 4.90 Å². The maximum Gasteiger partial charge on any atom is 0.339 e. The SMILES string of the molecule is CCCCCOC(=O)c1cc(N)ccc1S(=O)(=O)O.Nc1c(Cl)cccc1Cl. The van der Waals surface area contributed by atoms with E-state index >= 15 is 0 Å². The van der Waals surface area contributed by atoms with E-state index in [1.807, 2.05) is 6.92 Å². The standard InChI is InChI=1S/C12H17NO5S.C6H5Cl2N/c1-2-3-4-7-18-12(14)10-8-9(13)5-6-11(10)19(15,16)17;7-4-2-1-3-5(8)6(4)9/h5-6,8H,2-4,7,13H2,1H3,(H,15,16,17);1-3H,9H2. The van der Waals surface area contributed by atoms with Crippen molar-refractivity contribution in [3.63, 3.8) is 0 Å². The first-order chi connectivity index (χ1) is 13.1. The average molecular weight is 449 g/mol. The summed E-state index contributed by atoms with van der Waals surface area (Å²) in [5.74, 6) is -0.809. The van der Waals surface area contributed by atoms with Gasteiger partial charge in [-0.2, -0.15) is 8.42 Å². The fraction of sp³-hybridized carbons (Fsp3) is 0.278. The molecule has 0 amide bonds. The van der Waals surface area contributed by atoms with Crippen molar-refractivity contribution >= 4 is 50.7 Å². The largest absolute Gasteiger partial charge is 0.462 e. The number of hydrogen-bond acceptors (Lipinski definition) is 6. The molecular weight excluding hydrogens is 427 g/mol. The van der Waals surface area contributed by atoms with E-state index in [-0.39, 0.29) is 17.9 Å². The van der Waals surface area contributed by atoms with Crippen LogP contribution in [0.4, 0.5) is 11.4 Å². The maximum atomic E-state index is 11.8. The number of carbonyl (C=O) groups is 1. The van der Waals surface area contributed by atoms with E-state index in [0.717, 1.165) is 18.9 Å². The van der Waals surface area contributed by atoms with Gasteiger partial charge in [0.2, 0.25) is 0 Å². The van der Waals surface area contributed by atoms with Gasteiger partial charge in [-0.15, -0.1) is 0 Å². The number of halogens is 2. The van der Waals surface area contributed by atoms with Crippen molar-refractivity contribution in [3.8, 4) is 0 Å². The molecule has 2 aromatic rings. The molecule has 0 aliphatic heterocycles. The molecule has 0 aromatic heterocycles. The van der Waals surface area contributed by atoms with Crippen molar-refractivity contribution in [1.82, 2.24) is 0 Å². The van der Waals surface area contributed by atoms with Gasteiger partial charge in [0, 0.05) is 5.69 Å². The lowest BCUT2D eigenvalue weighted by Crippen LogP contribution is -2.13. The monoisotopic (exact) mass is 448 g/mol. The van der Waals surface area contributed by atoms with Gasteiger partial charge in [-0.05, 0) is 36.8 Å². The summed E-state index contributed by atoms with van der Waals surface area (Å²) in [5, 5.41) is 1.00. The number of unbranched alkanes of at least 4 members (excludes halogenated alkanes) is 2. The molecule has 0 radical (unpaired) electrons. The summed E-state index contributed by atoms with van der Waals surface area (Å²) in [4.78, 5) is 11.3. The Hall–Kier alpha value is -2.00. The molecule has 28 heavy (non-hydrogen) atoms. The third-order valence-electron chi connectivity index (χ3n) is 3.48. The molecule has 154 valence electrons. The van der Waals surface area contributed by atoms with Crippen LogP contribution >= 0.6 is 23.2 Å². The molecule has 0 fully saturated rings. The fourth-order valence-corrected chi connectivity index (χ4v) is 3.10. The lowest BCUT2D eigenvalue weighted by Gasteiger charge is -2.08. The number of rotatable bonds is 6. The van der Waals surface area contributed by atoms with Gasteiger partial charge in [0.05, 0.1) is 27.9 Å². The van der Waals surface area contributed by atoms with Crippen LogP contribution in [0, 0.1) is 0 Å². The summed E-state index contributed by atoms with van der Waals surface area (Å²) >= 11 is 11.2. The predicted molar refractivity (Wildman–Crippen MR) is 111 cm³/mol. The summed E-state index contributed by atoms with van der Waals surface area (Å²) in [7, 11) is -4.49. The van der Waals surface area contributed by atoms with Crippen molar-refractivity contribution < 1.29 is 22.5 Å². The molecule has 0 heterocycles. The first kappa shape index (κ1) is 24.0. The Balaban J connectivity index is 0.000000362. The number of benzene rings is 2. The highest BCUT2D eigenvalue weighted by Crippen LogP contribution is 2.25. The van der Waals surface area contributed by atoms with Crippen LogP contribution in [-0.2, 0) is 14.9 Å². The maximum absolute atomic E-state index is 11.8. The minimum absolute atomic E-state index is 0.201. The molecule has 0 unspecified atom stereocenters. The highest BCUT2D eigenvalue weighted by Gasteiger charge is 2.21. The Kier molecular flexibility index (Phi) is 9.54. The lowest BCUT2D eigenvalue weighted by molar-refractivity contribution is 0.0493. The van der Waals surface area contributed by atoms with Crippen molar-refractivity contribution in [2.45, 2.75) is 31.1 Å². The summed E-state index contributed by atoms with van der Waals surface area (Å²) in [5.41, 5.74) is 11.3. The number of ether oxygens (including phenoxy) is 1. The topological polar surface area (TPSA) is 133 Å². The fourth-order valence-electron chi connectivity index (χ4n) is 2.04. The third kappa shape index (κ3) is 7.55. The van der Waals surface area contributed by atoms with E-state index in [4.69, 9.17) is 44.0 Å².